The Kier molecular flexibility index (Phi) is 3.09. The molecule has 3 heteroatoms. The first-order valence-electron chi connectivity index (χ1n) is 9.15. The molecule has 28 heavy (non-hydrogen) atoms. The molecule has 1 N–H and O–H groups in total. The van der Waals surface area contributed by atoms with Gasteiger partial charge in [-0.25, -0.2) is 0 Å². The minimum atomic E-state index is -0.122. The van der Waals surface area contributed by atoms with Gasteiger partial charge in [-0.05, 0) is 40.6 Å². The molecule has 0 unspecified atom stereocenters. The normalized spacial score (nSPS) is 11.9. The predicted molar refractivity (Wildman–Crippen MR) is 119 cm³/mol. The molecule has 0 spiro atoms. The molecular weight excluding hydrogens is 364 g/mol. The summed E-state index contributed by atoms with van der Waals surface area (Å²) in [7, 11) is 0. The second kappa shape index (κ2) is 5.54. The van der Waals surface area contributed by atoms with E-state index in [1.165, 1.54) is 10.1 Å². The van der Waals surface area contributed by atoms with E-state index in [9.17, 15) is 9.90 Å². The van der Waals surface area contributed by atoms with Crippen molar-refractivity contribution in [1.82, 2.24) is 0 Å². The maximum Gasteiger partial charge on any atom is 0.198 e. The molecule has 0 bridgehead atoms. The van der Waals surface area contributed by atoms with Crippen LogP contribution in [-0.2, 0) is 0 Å². The zero-order valence-electron chi connectivity index (χ0n) is 14.8. The van der Waals surface area contributed by atoms with Gasteiger partial charge in [0.05, 0.1) is 5.56 Å². The Morgan fingerprint density at radius 1 is 0.607 bits per heavy atom. The van der Waals surface area contributed by atoms with Crippen LogP contribution in [0.25, 0.3) is 52.8 Å². The van der Waals surface area contributed by atoms with Crippen LogP contribution in [0.4, 0.5) is 0 Å². The van der Waals surface area contributed by atoms with Crippen molar-refractivity contribution in [2.45, 2.75) is 0 Å². The van der Waals surface area contributed by atoms with Gasteiger partial charge in [0.15, 0.2) is 5.43 Å². The van der Waals surface area contributed by atoms with Crippen molar-refractivity contribution in [3.63, 3.8) is 0 Å². The predicted octanol–water partition coefficient (Wildman–Crippen LogP) is 6.53. The molecule has 0 saturated heterocycles. The Labute approximate surface area is 164 Å². The fourth-order valence-electron chi connectivity index (χ4n) is 4.31. The number of hydrogen-bond donors (Lipinski definition) is 1. The molecule has 132 valence electrons. The highest BCUT2D eigenvalue weighted by molar-refractivity contribution is 7.25. The maximum absolute atomic E-state index is 13.4. The largest absolute Gasteiger partial charge is 0.507 e. The molecule has 0 aliphatic rings. The summed E-state index contributed by atoms with van der Waals surface area (Å²) >= 11 is 1.72. The summed E-state index contributed by atoms with van der Waals surface area (Å²) in [6, 6.07) is 25.7. The van der Waals surface area contributed by atoms with Crippen molar-refractivity contribution < 1.29 is 5.11 Å². The number of rotatable bonds is 1. The summed E-state index contributed by atoms with van der Waals surface area (Å²) in [5.74, 6) is 0.0660. The van der Waals surface area contributed by atoms with Gasteiger partial charge in [-0.3, -0.25) is 4.79 Å². The minimum Gasteiger partial charge on any atom is -0.507 e. The second-order valence-electron chi connectivity index (χ2n) is 7.04. The van der Waals surface area contributed by atoms with Gasteiger partial charge in [-0.15, -0.1) is 11.3 Å². The van der Waals surface area contributed by atoms with E-state index in [0.717, 1.165) is 31.8 Å². The van der Waals surface area contributed by atoms with Crippen molar-refractivity contribution in [3.05, 3.63) is 89.1 Å². The quantitative estimate of drug-likeness (QED) is 0.261. The molecule has 0 fully saturated rings. The van der Waals surface area contributed by atoms with Crippen LogP contribution in [0.15, 0.2) is 83.7 Å². The zero-order chi connectivity index (χ0) is 18.8. The molecule has 6 rings (SSSR count). The van der Waals surface area contributed by atoms with E-state index < -0.39 is 0 Å². The van der Waals surface area contributed by atoms with Gasteiger partial charge in [-0.1, -0.05) is 54.6 Å². The van der Waals surface area contributed by atoms with E-state index in [1.807, 2.05) is 60.7 Å². The Balaban J connectivity index is 1.88. The third-order valence-corrected chi connectivity index (χ3v) is 6.68. The highest BCUT2D eigenvalue weighted by Crippen LogP contribution is 2.44. The van der Waals surface area contributed by atoms with Gasteiger partial charge in [0.2, 0.25) is 0 Å². The summed E-state index contributed by atoms with van der Waals surface area (Å²) in [5.41, 5.74) is 0.993. The van der Waals surface area contributed by atoms with Gasteiger partial charge in [0.1, 0.15) is 5.75 Å². The van der Waals surface area contributed by atoms with Gasteiger partial charge < -0.3 is 5.11 Å². The first kappa shape index (κ1) is 15.6. The van der Waals surface area contributed by atoms with E-state index in [-0.39, 0.29) is 11.2 Å². The summed E-state index contributed by atoms with van der Waals surface area (Å²) < 4.78 is 2.34. The van der Waals surface area contributed by atoms with Crippen LogP contribution in [0.3, 0.4) is 0 Å². The van der Waals surface area contributed by atoms with E-state index in [1.54, 1.807) is 11.3 Å². The Hall–Kier alpha value is -3.43. The highest BCUT2D eigenvalue weighted by atomic mass is 32.1. The van der Waals surface area contributed by atoms with E-state index in [4.69, 9.17) is 0 Å². The topological polar surface area (TPSA) is 37.3 Å². The molecule has 0 saturated carbocycles. The van der Waals surface area contributed by atoms with Crippen LogP contribution in [0.2, 0.25) is 0 Å². The molecule has 0 amide bonds. The fraction of sp³-hybridized carbons (Fsp3) is 0. The number of benzene rings is 5. The summed E-state index contributed by atoms with van der Waals surface area (Å²) in [6.07, 6.45) is 0. The van der Waals surface area contributed by atoms with Crippen molar-refractivity contribution in [1.29, 1.82) is 0 Å². The monoisotopic (exact) mass is 378 g/mol. The highest BCUT2D eigenvalue weighted by Gasteiger charge is 2.20. The minimum absolute atomic E-state index is 0.0660. The third kappa shape index (κ3) is 1.94. The first-order valence-corrected chi connectivity index (χ1v) is 9.96. The average Bonchev–Trinajstić information content (AvgIpc) is 2.74. The summed E-state index contributed by atoms with van der Waals surface area (Å²) in [4.78, 5) is 13.4. The lowest BCUT2D eigenvalue weighted by Crippen LogP contribution is -2.06. The summed E-state index contributed by atoms with van der Waals surface area (Å²) in [5, 5.41) is 16.7. The van der Waals surface area contributed by atoms with Crippen LogP contribution < -0.4 is 5.43 Å². The third-order valence-electron chi connectivity index (χ3n) is 5.55. The zero-order valence-corrected chi connectivity index (χ0v) is 15.6. The van der Waals surface area contributed by atoms with Crippen molar-refractivity contribution in [3.8, 4) is 16.9 Å². The van der Waals surface area contributed by atoms with Gasteiger partial charge in [0.25, 0.3) is 0 Å². The molecule has 1 heterocycles. The lowest BCUT2D eigenvalue weighted by atomic mass is 9.91. The van der Waals surface area contributed by atoms with Crippen LogP contribution in [0, 0.1) is 0 Å². The Morgan fingerprint density at radius 2 is 1.32 bits per heavy atom. The lowest BCUT2D eigenvalue weighted by molar-refractivity contribution is 0.483. The average molecular weight is 378 g/mol. The van der Waals surface area contributed by atoms with Crippen LogP contribution in [-0.4, -0.2) is 5.11 Å². The molecule has 0 aliphatic heterocycles. The smallest absolute Gasteiger partial charge is 0.198 e. The Morgan fingerprint density at radius 3 is 2.18 bits per heavy atom. The van der Waals surface area contributed by atoms with Crippen LogP contribution >= 0.6 is 11.3 Å². The number of phenolic OH excluding ortho intramolecular Hbond substituents is 1. The van der Waals surface area contributed by atoms with Gasteiger partial charge in [-0.2, -0.15) is 0 Å². The molecule has 0 atom stereocenters. The molecule has 0 aliphatic carbocycles. The lowest BCUT2D eigenvalue weighted by Gasteiger charge is -2.15. The van der Waals surface area contributed by atoms with Crippen molar-refractivity contribution in [2.24, 2.45) is 0 Å². The molecule has 6 aromatic rings. The van der Waals surface area contributed by atoms with Crippen LogP contribution in [0.1, 0.15) is 0 Å². The fourth-order valence-corrected chi connectivity index (χ4v) is 5.43. The number of phenols is 1. The molecule has 5 aromatic carbocycles. The van der Waals surface area contributed by atoms with Gasteiger partial charge in [0, 0.05) is 30.9 Å². The molecule has 0 radical (unpaired) electrons. The van der Waals surface area contributed by atoms with E-state index >= 15 is 0 Å². The molecule has 2 nitrogen and oxygen atoms in total. The molecular formula is C25H14O2S. The summed E-state index contributed by atoms with van der Waals surface area (Å²) in [6.45, 7) is 0. The van der Waals surface area contributed by atoms with Crippen molar-refractivity contribution in [2.75, 3.05) is 0 Å². The van der Waals surface area contributed by atoms with Crippen LogP contribution in [0.5, 0.6) is 5.75 Å². The standard InChI is InChI=1S/C25H14O2S/c26-24-17-11-10-16-15-8-4-5-9-19(15)28-20-13-12-18(22(17)23(16)20)25(27)21(24)14-6-2-1-3-7-14/h1-13,27H. The SMILES string of the molecule is O=c1c(-c2ccccc2)c(O)c2ccc3sc4ccccc4c4ccc1c2c34. The second-order valence-corrected chi connectivity index (χ2v) is 8.12. The Bertz CT molecular complexity index is 1580. The number of fused-ring (bicyclic) bond motifs is 2. The van der Waals surface area contributed by atoms with E-state index in [0.29, 0.717) is 10.9 Å². The van der Waals surface area contributed by atoms with Gasteiger partial charge >= 0.3 is 0 Å². The maximum atomic E-state index is 13.4. The number of aromatic hydroxyl groups is 1. The number of hydrogen-bond acceptors (Lipinski definition) is 3. The first-order chi connectivity index (χ1) is 13.7. The molecule has 1 aromatic heterocycles. The van der Waals surface area contributed by atoms with E-state index in [2.05, 4.69) is 18.2 Å². The van der Waals surface area contributed by atoms with Crippen molar-refractivity contribution >= 4 is 53.1 Å².